The quantitative estimate of drug-likeness (QED) is 0.618. The van der Waals surface area contributed by atoms with Crippen molar-refractivity contribution in [3.63, 3.8) is 0 Å². The molecule has 0 radical (unpaired) electrons. The van der Waals surface area contributed by atoms with Crippen LogP contribution in [0.3, 0.4) is 0 Å². The maximum atomic E-state index is 12.8. The monoisotopic (exact) mass is 335 g/mol. The van der Waals surface area contributed by atoms with Gasteiger partial charge in [0.2, 0.25) is 10.0 Å². The Morgan fingerprint density at radius 1 is 1.22 bits per heavy atom. The van der Waals surface area contributed by atoms with Crippen LogP contribution < -0.4 is 0 Å². The molecule has 0 aliphatic carbocycles. The number of nitro benzene ring substituents is 1. The third-order valence-electron chi connectivity index (χ3n) is 3.66. The van der Waals surface area contributed by atoms with E-state index in [1.54, 1.807) is 38.4 Å². The standard InChI is InChI=1S/C15H17N3O4S/c1-11-8-14(18(19)20)9-15(12(11)2)23(21,22)17(3)10-13-4-6-16-7-5-13/h4-9H,10H2,1-3H3. The SMILES string of the molecule is Cc1cc([N+](=O)[O-])cc(S(=O)(=O)N(C)Cc2ccncc2)c1C. The summed E-state index contributed by atoms with van der Waals surface area (Å²) in [4.78, 5) is 14.3. The van der Waals surface area contributed by atoms with Crippen molar-refractivity contribution in [2.45, 2.75) is 25.3 Å². The first-order valence-corrected chi connectivity index (χ1v) is 8.28. The molecule has 2 aromatic rings. The van der Waals surface area contributed by atoms with Gasteiger partial charge in [-0.15, -0.1) is 0 Å². The highest BCUT2D eigenvalue weighted by Gasteiger charge is 2.26. The molecule has 0 unspecified atom stereocenters. The van der Waals surface area contributed by atoms with Crippen LogP contribution in [0.25, 0.3) is 0 Å². The third kappa shape index (κ3) is 3.54. The summed E-state index contributed by atoms with van der Waals surface area (Å²) in [5.74, 6) is 0. The minimum Gasteiger partial charge on any atom is -0.265 e. The molecule has 0 fully saturated rings. The molecule has 0 N–H and O–H groups in total. The Bertz CT molecular complexity index is 835. The number of aromatic nitrogens is 1. The van der Waals surface area contributed by atoms with Crippen molar-refractivity contribution in [2.24, 2.45) is 0 Å². The lowest BCUT2D eigenvalue weighted by Gasteiger charge is -2.19. The molecule has 2 rings (SSSR count). The minimum atomic E-state index is -3.84. The maximum Gasteiger partial charge on any atom is 0.271 e. The molecular formula is C15H17N3O4S. The van der Waals surface area contributed by atoms with Gasteiger partial charge in [-0.1, -0.05) is 0 Å². The molecule has 0 bridgehead atoms. The average molecular weight is 335 g/mol. The van der Waals surface area contributed by atoms with E-state index in [0.29, 0.717) is 11.1 Å². The predicted octanol–water partition coefficient (Wildman–Crippen LogP) is 2.43. The van der Waals surface area contributed by atoms with Gasteiger partial charge in [-0.2, -0.15) is 4.31 Å². The lowest BCUT2D eigenvalue weighted by molar-refractivity contribution is -0.385. The summed E-state index contributed by atoms with van der Waals surface area (Å²) in [5.41, 5.74) is 1.63. The number of sulfonamides is 1. The summed E-state index contributed by atoms with van der Waals surface area (Å²) in [6.45, 7) is 3.46. The number of nitrogens with zero attached hydrogens (tertiary/aromatic N) is 3. The Labute approximate surface area is 134 Å². The van der Waals surface area contributed by atoms with E-state index in [1.165, 1.54) is 17.4 Å². The molecular weight excluding hydrogens is 318 g/mol. The van der Waals surface area contributed by atoms with Crippen LogP contribution in [0.1, 0.15) is 16.7 Å². The van der Waals surface area contributed by atoms with E-state index in [9.17, 15) is 18.5 Å². The molecule has 7 nitrogen and oxygen atoms in total. The van der Waals surface area contributed by atoms with Crippen molar-refractivity contribution in [1.29, 1.82) is 0 Å². The molecule has 0 saturated carbocycles. The van der Waals surface area contributed by atoms with Crippen molar-refractivity contribution in [1.82, 2.24) is 9.29 Å². The van der Waals surface area contributed by atoms with Crippen molar-refractivity contribution in [3.05, 3.63) is 63.5 Å². The normalized spacial score (nSPS) is 11.7. The highest BCUT2D eigenvalue weighted by molar-refractivity contribution is 7.89. The number of nitro groups is 1. The second kappa shape index (κ2) is 6.43. The van der Waals surface area contributed by atoms with Crippen molar-refractivity contribution >= 4 is 15.7 Å². The first-order chi connectivity index (χ1) is 10.7. The molecule has 1 aromatic carbocycles. The van der Waals surface area contributed by atoms with Crippen molar-refractivity contribution < 1.29 is 13.3 Å². The number of rotatable bonds is 5. The van der Waals surface area contributed by atoms with E-state index in [1.807, 2.05) is 0 Å². The highest BCUT2D eigenvalue weighted by atomic mass is 32.2. The first kappa shape index (κ1) is 17.0. The van der Waals surface area contributed by atoms with Crippen LogP contribution in [-0.4, -0.2) is 29.7 Å². The van der Waals surface area contributed by atoms with E-state index in [4.69, 9.17) is 0 Å². The van der Waals surface area contributed by atoms with Gasteiger partial charge in [0.25, 0.3) is 5.69 Å². The summed E-state index contributed by atoms with van der Waals surface area (Å²) >= 11 is 0. The molecule has 23 heavy (non-hydrogen) atoms. The zero-order valence-electron chi connectivity index (χ0n) is 13.1. The Morgan fingerprint density at radius 3 is 2.39 bits per heavy atom. The highest BCUT2D eigenvalue weighted by Crippen LogP contribution is 2.27. The molecule has 1 aromatic heterocycles. The molecule has 0 amide bonds. The van der Waals surface area contributed by atoms with Crippen LogP contribution >= 0.6 is 0 Å². The zero-order chi connectivity index (χ0) is 17.2. The molecule has 0 aliphatic rings. The average Bonchev–Trinajstić information content (AvgIpc) is 2.50. The molecule has 0 atom stereocenters. The molecule has 0 spiro atoms. The Hall–Kier alpha value is -2.32. The van der Waals surface area contributed by atoms with E-state index in [0.717, 1.165) is 11.6 Å². The van der Waals surface area contributed by atoms with E-state index < -0.39 is 14.9 Å². The molecule has 0 aliphatic heterocycles. The van der Waals surface area contributed by atoms with Gasteiger partial charge in [0.15, 0.2) is 0 Å². The Kier molecular flexibility index (Phi) is 4.76. The van der Waals surface area contributed by atoms with Crippen LogP contribution in [0.5, 0.6) is 0 Å². The first-order valence-electron chi connectivity index (χ1n) is 6.84. The van der Waals surface area contributed by atoms with E-state index in [-0.39, 0.29) is 17.1 Å². The number of aryl methyl sites for hydroxylation is 1. The lowest BCUT2D eigenvalue weighted by Crippen LogP contribution is -2.27. The second-order valence-corrected chi connectivity index (χ2v) is 7.27. The summed E-state index contributed by atoms with van der Waals surface area (Å²) in [7, 11) is -2.39. The Morgan fingerprint density at radius 2 is 1.83 bits per heavy atom. The summed E-state index contributed by atoms with van der Waals surface area (Å²) in [6, 6.07) is 5.92. The summed E-state index contributed by atoms with van der Waals surface area (Å²) in [5, 5.41) is 11.0. The number of benzene rings is 1. The largest absolute Gasteiger partial charge is 0.271 e. The van der Waals surface area contributed by atoms with Gasteiger partial charge >= 0.3 is 0 Å². The topological polar surface area (TPSA) is 93.4 Å². The fourth-order valence-electron chi connectivity index (χ4n) is 2.18. The van der Waals surface area contributed by atoms with Gasteiger partial charge in [-0.3, -0.25) is 15.1 Å². The predicted molar refractivity (Wildman–Crippen MR) is 85.5 cm³/mol. The van der Waals surface area contributed by atoms with Gasteiger partial charge in [0, 0.05) is 38.1 Å². The van der Waals surface area contributed by atoms with Crippen LogP contribution in [0.2, 0.25) is 0 Å². The number of hydrogen-bond donors (Lipinski definition) is 0. The van der Waals surface area contributed by atoms with Crippen LogP contribution in [-0.2, 0) is 16.6 Å². The maximum absolute atomic E-state index is 12.8. The number of pyridine rings is 1. The van der Waals surface area contributed by atoms with Crippen molar-refractivity contribution in [2.75, 3.05) is 7.05 Å². The van der Waals surface area contributed by atoms with Crippen molar-refractivity contribution in [3.8, 4) is 0 Å². The van der Waals surface area contributed by atoms with Gasteiger partial charge in [-0.05, 0) is 42.7 Å². The molecule has 8 heteroatoms. The summed E-state index contributed by atoms with van der Waals surface area (Å²) < 4.78 is 26.7. The van der Waals surface area contributed by atoms with Gasteiger partial charge in [0.1, 0.15) is 0 Å². The second-order valence-electron chi connectivity index (χ2n) is 5.26. The number of non-ortho nitro benzene ring substituents is 1. The lowest BCUT2D eigenvalue weighted by atomic mass is 10.1. The molecule has 1 heterocycles. The molecule has 0 saturated heterocycles. The van der Waals surface area contributed by atoms with Gasteiger partial charge in [0.05, 0.1) is 9.82 Å². The fourth-order valence-corrected chi connectivity index (χ4v) is 3.65. The number of hydrogen-bond acceptors (Lipinski definition) is 5. The minimum absolute atomic E-state index is 0.0410. The van der Waals surface area contributed by atoms with Crippen LogP contribution in [0, 0.1) is 24.0 Å². The fraction of sp³-hybridized carbons (Fsp3) is 0.267. The Balaban J connectivity index is 2.45. The van der Waals surface area contributed by atoms with Gasteiger partial charge < -0.3 is 0 Å². The third-order valence-corrected chi connectivity index (χ3v) is 5.59. The molecule has 122 valence electrons. The zero-order valence-corrected chi connectivity index (χ0v) is 13.9. The van der Waals surface area contributed by atoms with E-state index in [2.05, 4.69) is 4.98 Å². The van der Waals surface area contributed by atoms with Crippen LogP contribution in [0.4, 0.5) is 5.69 Å². The van der Waals surface area contributed by atoms with Gasteiger partial charge in [-0.25, -0.2) is 8.42 Å². The smallest absolute Gasteiger partial charge is 0.265 e. The van der Waals surface area contributed by atoms with E-state index >= 15 is 0 Å². The summed E-state index contributed by atoms with van der Waals surface area (Å²) in [6.07, 6.45) is 3.16. The van der Waals surface area contributed by atoms with Crippen LogP contribution in [0.15, 0.2) is 41.6 Å².